The predicted molar refractivity (Wildman–Crippen MR) is 58.9 cm³/mol. The van der Waals surface area contributed by atoms with Crippen LogP contribution in [0.4, 0.5) is 0 Å². The lowest BCUT2D eigenvalue weighted by molar-refractivity contribution is 0.623. The van der Waals surface area contributed by atoms with Gasteiger partial charge >= 0.3 is 0 Å². The van der Waals surface area contributed by atoms with Gasteiger partial charge < -0.3 is 5.32 Å². The lowest BCUT2D eigenvalue weighted by atomic mass is 10.2. The maximum absolute atomic E-state index is 4.02. The molecule has 1 aromatic heterocycles. The first-order chi connectivity index (χ1) is 6.18. The first kappa shape index (κ1) is 10.4. The summed E-state index contributed by atoms with van der Waals surface area (Å²) in [6.45, 7) is 7.39. The van der Waals surface area contributed by atoms with Crippen molar-refractivity contribution in [2.45, 2.75) is 26.8 Å². The van der Waals surface area contributed by atoms with Crippen LogP contribution in [0.3, 0.4) is 0 Å². The van der Waals surface area contributed by atoms with Gasteiger partial charge in [0.15, 0.2) is 0 Å². The first-order valence-corrected chi connectivity index (χ1v) is 5.35. The van der Waals surface area contributed by atoms with Crippen molar-refractivity contribution < 1.29 is 0 Å². The fraction of sp³-hybridized carbons (Fsp3) is 0.500. The topological polar surface area (TPSA) is 24.9 Å². The molecule has 0 atom stereocenters. The molecule has 0 aliphatic rings. The number of hydrogen-bond acceptors (Lipinski definition) is 3. The highest BCUT2D eigenvalue weighted by molar-refractivity contribution is 7.10. The Bertz CT molecular complexity index is 262. The Morgan fingerprint density at radius 2 is 2.46 bits per heavy atom. The minimum atomic E-state index is 0.546. The molecule has 0 saturated heterocycles. The molecule has 0 fully saturated rings. The third-order valence-corrected chi connectivity index (χ3v) is 2.35. The zero-order chi connectivity index (χ0) is 9.68. The van der Waals surface area contributed by atoms with Crippen molar-refractivity contribution in [3.63, 3.8) is 0 Å². The van der Waals surface area contributed by atoms with E-state index in [-0.39, 0.29) is 0 Å². The lowest BCUT2D eigenvalue weighted by Gasteiger charge is -2.07. The summed E-state index contributed by atoms with van der Waals surface area (Å²) < 4.78 is 0. The van der Waals surface area contributed by atoms with Gasteiger partial charge in [0.25, 0.3) is 0 Å². The van der Waals surface area contributed by atoms with Crippen molar-refractivity contribution in [3.8, 4) is 0 Å². The van der Waals surface area contributed by atoms with Gasteiger partial charge in [-0.1, -0.05) is 19.4 Å². The van der Waals surface area contributed by atoms with Crippen LogP contribution in [0.1, 0.15) is 25.6 Å². The van der Waals surface area contributed by atoms with Crippen LogP contribution in [0.15, 0.2) is 17.3 Å². The van der Waals surface area contributed by atoms with Crippen LogP contribution >= 0.6 is 11.3 Å². The van der Waals surface area contributed by atoms with Crippen LogP contribution in [0, 0.1) is 0 Å². The third-order valence-electron chi connectivity index (χ3n) is 1.63. The summed E-state index contributed by atoms with van der Waals surface area (Å²) in [6, 6.07) is 0.546. The van der Waals surface area contributed by atoms with Crippen LogP contribution in [-0.2, 0) is 0 Å². The second kappa shape index (κ2) is 5.14. The molecule has 3 heteroatoms. The maximum Gasteiger partial charge on any atom is 0.0797 e. The molecule has 0 radical (unpaired) electrons. The summed E-state index contributed by atoms with van der Waals surface area (Å²) in [5.41, 5.74) is 3.20. The molecule has 13 heavy (non-hydrogen) atoms. The number of hydrogen-bond donors (Lipinski definition) is 1. The third kappa shape index (κ3) is 4.20. The van der Waals surface area contributed by atoms with E-state index >= 15 is 0 Å². The van der Waals surface area contributed by atoms with Gasteiger partial charge in [-0.05, 0) is 13.0 Å². The molecule has 1 N–H and O–H groups in total. The smallest absolute Gasteiger partial charge is 0.0797 e. The summed E-state index contributed by atoms with van der Waals surface area (Å²) in [7, 11) is 0. The van der Waals surface area contributed by atoms with Crippen molar-refractivity contribution in [2.75, 3.05) is 6.54 Å². The quantitative estimate of drug-likeness (QED) is 0.800. The number of rotatable bonds is 4. The molecule has 2 nitrogen and oxygen atoms in total. The van der Waals surface area contributed by atoms with E-state index < -0.39 is 0 Å². The average Bonchev–Trinajstić information content (AvgIpc) is 2.53. The molecular formula is C10H16N2S. The van der Waals surface area contributed by atoms with Crippen molar-refractivity contribution in [3.05, 3.63) is 22.2 Å². The monoisotopic (exact) mass is 196 g/mol. The zero-order valence-corrected chi connectivity index (χ0v) is 9.19. The number of aromatic nitrogens is 1. The van der Waals surface area contributed by atoms with E-state index in [0.717, 1.165) is 6.54 Å². The minimum absolute atomic E-state index is 0.546. The molecule has 0 aliphatic heterocycles. The molecule has 1 rings (SSSR count). The Balaban J connectivity index is 2.43. The highest BCUT2D eigenvalue weighted by Crippen LogP contribution is 2.10. The van der Waals surface area contributed by atoms with Crippen LogP contribution < -0.4 is 5.32 Å². The second-order valence-electron chi connectivity index (χ2n) is 3.43. The zero-order valence-electron chi connectivity index (χ0n) is 8.37. The van der Waals surface area contributed by atoms with E-state index in [1.807, 2.05) is 11.7 Å². The maximum atomic E-state index is 4.02. The van der Waals surface area contributed by atoms with Gasteiger partial charge in [-0.15, -0.1) is 11.3 Å². The molecule has 0 spiro atoms. The Labute approximate surface area is 83.7 Å². The van der Waals surface area contributed by atoms with Gasteiger partial charge in [-0.25, -0.2) is 0 Å². The van der Waals surface area contributed by atoms with Crippen molar-refractivity contribution in [1.82, 2.24) is 10.3 Å². The predicted octanol–water partition coefficient (Wildman–Crippen LogP) is 2.54. The van der Waals surface area contributed by atoms with E-state index in [1.165, 1.54) is 10.5 Å². The molecule has 0 saturated carbocycles. The summed E-state index contributed by atoms with van der Waals surface area (Å²) in [6.07, 6.45) is 4.07. The van der Waals surface area contributed by atoms with Crippen LogP contribution in [0.2, 0.25) is 0 Å². The number of nitrogens with zero attached hydrogens (tertiary/aromatic N) is 1. The van der Waals surface area contributed by atoms with Crippen molar-refractivity contribution >= 4 is 17.4 Å². The standard InChI is InChI=1S/C10H16N2S/c1-8(2)12-5-9(3)4-10-6-11-7-13-10/h4,6-8,12H,5H2,1-3H3. The van der Waals surface area contributed by atoms with E-state index in [0.29, 0.717) is 6.04 Å². The SMILES string of the molecule is CC(=Cc1cncs1)CNC(C)C. The molecule has 0 bridgehead atoms. The van der Waals surface area contributed by atoms with E-state index in [2.05, 4.69) is 37.1 Å². The highest BCUT2D eigenvalue weighted by Gasteiger charge is 1.94. The van der Waals surface area contributed by atoms with Gasteiger partial charge in [0.1, 0.15) is 0 Å². The average molecular weight is 196 g/mol. The fourth-order valence-corrected chi connectivity index (χ4v) is 1.59. The molecule has 1 aromatic rings. The Kier molecular flexibility index (Phi) is 4.12. The fourth-order valence-electron chi connectivity index (χ4n) is 0.956. The molecule has 0 aromatic carbocycles. The number of thiazole rings is 1. The van der Waals surface area contributed by atoms with Crippen LogP contribution in [-0.4, -0.2) is 17.6 Å². The summed E-state index contributed by atoms with van der Waals surface area (Å²) in [5, 5.41) is 3.37. The molecule has 0 unspecified atom stereocenters. The Hall–Kier alpha value is -0.670. The minimum Gasteiger partial charge on any atom is -0.311 e. The van der Waals surface area contributed by atoms with E-state index in [1.54, 1.807) is 11.3 Å². The summed E-state index contributed by atoms with van der Waals surface area (Å²) >= 11 is 1.67. The van der Waals surface area contributed by atoms with Gasteiger partial charge in [0.05, 0.1) is 5.51 Å². The summed E-state index contributed by atoms with van der Waals surface area (Å²) in [4.78, 5) is 5.25. The molecule has 0 aliphatic carbocycles. The van der Waals surface area contributed by atoms with Crippen LogP contribution in [0.25, 0.3) is 6.08 Å². The molecular weight excluding hydrogens is 180 g/mol. The first-order valence-electron chi connectivity index (χ1n) is 4.47. The molecule has 0 amide bonds. The number of nitrogens with one attached hydrogen (secondary N) is 1. The van der Waals surface area contributed by atoms with Crippen molar-refractivity contribution in [2.24, 2.45) is 0 Å². The Morgan fingerprint density at radius 1 is 1.69 bits per heavy atom. The van der Waals surface area contributed by atoms with Crippen molar-refractivity contribution in [1.29, 1.82) is 0 Å². The largest absolute Gasteiger partial charge is 0.311 e. The second-order valence-corrected chi connectivity index (χ2v) is 4.35. The van der Waals surface area contributed by atoms with Gasteiger partial charge in [-0.2, -0.15) is 0 Å². The van der Waals surface area contributed by atoms with Gasteiger partial charge in [-0.3, -0.25) is 4.98 Å². The van der Waals surface area contributed by atoms with Gasteiger partial charge in [0, 0.05) is 23.7 Å². The van der Waals surface area contributed by atoms with E-state index in [4.69, 9.17) is 0 Å². The normalized spacial score (nSPS) is 12.5. The van der Waals surface area contributed by atoms with Crippen LogP contribution in [0.5, 0.6) is 0 Å². The van der Waals surface area contributed by atoms with Gasteiger partial charge in [0.2, 0.25) is 0 Å². The summed E-state index contributed by atoms with van der Waals surface area (Å²) in [5.74, 6) is 0. The highest BCUT2D eigenvalue weighted by atomic mass is 32.1. The van der Waals surface area contributed by atoms with E-state index in [9.17, 15) is 0 Å². The molecule has 1 heterocycles. The Morgan fingerprint density at radius 3 is 3.00 bits per heavy atom. The lowest BCUT2D eigenvalue weighted by Crippen LogP contribution is -2.24. The molecule has 72 valence electrons.